The first kappa shape index (κ1) is 40.3. The number of ether oxygens (including phenoxy) is 1. The molecule has 322 valence electrons. The highest BCUT2D eigenvalue weighted by Crippen LogP contribution is 2.54. The van der Waals surface area contributed by atoms with E-state index in [1.165, 1.54) is 172 Å². The van der Waals surface area contributed by atoms with Crippen molar-refractivity contribution < 1.29 is 4.74 Å². The number of hydrogen-bond acceptors (Lipinski definition) is 2. The molecule has 0 aromatic carbocycles. The second-order valence-electron chi connectivity index (χ2n) is 22.4. The minimum Gasteiger partial charge on any atom is -0.369 e. The van der Waals surface area contributed by atoms with Crippen LogP contribution in [0.2, 0.25) is 0 Å². The summed E-state index contributed by atoms with van der Waals surface area (Å²) in [6.45, 7) is 0. The molecule has 0 amide bonds. The maximum absolute atomic E-state index is 7.24. The highest BCUT2D eigenvalue weighted by Gasteiger charge is 2.51. The smallest absolute Gasteiger partial charge is 0.0863 e. The van der Waals surface area contributed by atoms with E-state index in [-0.39, 0.29) is 0 Å². The quantitative estimate of drug-likeness (QED) is 0.179. The molecule has 9 unspecified atom stereocenters. The van der Waals surface area contributed by atoms with Crippen molar-refractivity contribution in [3.05, 3.63) is 83.2 Å². The standard InChI is InChI=1S/C58H79NO/c1-3-11-40(12-4-1)43-27-33-50(34-28-43)59(52-37-31-45(32-38-52)49-26-23-41-13-7-8-16-48(41)39-49)51-35-29-44(30-36-51)42-21-24-47(25-22-42)54-18-10-20-56-55-19-9-17-53(57(55)60-58(54)56)46-14-5-2-6-15-46/h1,3,7,10,13,15,17,20,31,37,40-44,47-51,54-58H,4-5,8-9,11-12,14,16,18-19,21-30,32-36,38-39H2. The number of allylic oxidation sites excluding steroid dienone is 11. The Hall–Kier alpha value is -2.50. The van der Waals surface area contributed by atoms with E-state index in [0.29, 0.717) is 24.0 Å². The van der Waals surface area contributed by atoms with Crippen molar-refractivity contribution in [1.29, 1.82) is 0 Å². The van der Waals surface area contributed by atoms with Gasteiger partial charge in [0.25, 0.3) is 0 Å². The third-order valence-corrected chi connectivity index (χ3v) is 19.6. The van der Waals surface area contributed by atoms with Crippen LogP contribution in [0.25, 0.3) is 0 Å². The van der Waals surface area contributed by atoms with Crippen LogP contribution in [0, 0.1) is 76.9 Å². The van der Waals surface area contributed by atoms with Gasteiger partial charge in [-0.2, -0.15) is 0 Å². The molecule has 4 saturated carbocycles. The van der Waals surface area contributed by atoms with E-state index in [4.69, 9.17) is 4.74 Å². The second-order valence-corrected chi connectivity index (χ2v) is 22.4. The molecule has 9 atom stereocenters. The van der Waals surface area contributed by atoms with Gasteiger partial charge in [0.2, 0.25) is 0 Å². The largest absolute Gasteiger partial charge is 0.369 e. The number of fused-ring (bicyclic) bond motifs is 4. The van der Waals surface area contributed by atoms with E-state index >= 15 is 0 Å². The van der Waals surface area contributed by atoms with E-state index < -0.39 is 0 Å². The third kappa shape index (κ3) is 8.23. The summed E-state index contributed by atoms with van der Waals surface area (Å²) >= 11 is 0. The molecule has 60 heavy (non-hydrogen) atoms. The summed E-state index contributed by atoms with van der Waals surface area (Å²) in [5, 5.41) is 0. The van der Waals surface area contributed by atoms with Crippen LogP contribution in [0.3, 0.4) is 0 Å². The summed E-state index contributed by atoms with van der Waals surface area (Å²) in [6, 6.07) is 1.55. The van der Waals surface area contributed by atoms with Crippen molar-refractivity contribution in [3.63, 3.8) is 0 Å². The van der Waals surface area contributed by atoms with Crippen LogP contribution in [0.4, 0.5) is 0 Å². The van der Waals surface area contributed by atoms with Gasteiger partial charge in [-0.3, -0.25) is 0 Å². The minimum absolute atomic E-state index is 0.308. The van der Waals surface area contributed by atoms with Gasteiger partial charge in [0.05, 0.1) is 12.2 Å². The SMILES string of the molecule is C1#CCCC(C2=CCCC3C2OC2C3C=CCC2C2CCC(C3CCC(N(C4=CC=C(C5CCC6C=CCCC6C5)CC4)C4CCC(C5CC=CCC5)CC4)CC3)CC2)=C1. The number of rotatable bonds is 8. The fourth-order valence-electron chi connectivity index (χ4n) is 16.4. The normalized spacial score (nSPS) is 43.8. The maximum atomic E-state index is 7.24. The van der Waals surface area contributed by atoms with Crippen molar-refractivity contribution in [3.8, 4) is 11.8 Å². The van der Waals surface area contributed by atoms with Crippen molar-refractivity contribution in [2.75, 3.05) is 0 Å². The van der Waals surface area contributed by atoms with E-state index in [2.05, 4.69) is 77.5 Å². The van der Waals surface area contributed by atoms with Crippen LogP contribution in [-0.4, -0.2) is 29.2 Å². The van der Waals surface area contributed by atoms with Crippen LogP contribution in [0.5, 0.6) is 0 Å². The molecule has 11 aliphatic rings. The van der Waals surface area contributed by atoms with E-state index in [0.717, 1.165) is 78.2 Å². The van der Waals surface area contributed by atoms with Gasteiger partial charge in [-0.25, -0.2) is 0 Å². The highest BCUT2D eigenvalue weighted by molar-refractivity contribution is 5.44. The van der Waals surface area contributed by atoms with Gasteiger partial charge in [0, 0.05) is 30.1 Å². The lowest BCUT2D eigenvalue weighted by molar-refractivity contribution is -0.0186. The van der Waals surface area contributed by atoms with Crippen molar-refractivity contribution in [1.82, 2.24) is 4.90 Å². The Morgan fingerprint density at radius 2 is 1.32 bits per heavy atom. The highest BCUT2D eigenvalue weighted by atomic mass is 16.5. The average Bonchev–Trinajstić information content (AvgIpc) is 3.72. The van der Waals surface area contributed by atoms with Gasteiger partial charge in [-0.15, -0.1) is 0 Å². The van der Waals surface area contributed by atoms with Crippen LogP contribution in [0.15, 0.2) is 83.2 Å². The molecule has 2 heteroatoms. The van der Waals surface area contributed by atoms with E-state index in [9.17, 15) is 0 Å². The lowest BCUT2D eigenvalue weighted by Crippen LogP contribution is -2.47. The molecule has 0 spiro atoms. The molecule has 2 nitrogen and oxygen atoms in total. The van der Waals surface area contributed by atoms with Gasteiger partial charge in [-0.05, 0) is 249 Å². The van der Waals surface area contributed by atoms with Crippen molar-refractivity contribution in [2.45, 2.75) is 198 Å². The predicted octanol–water partition coefficient (Wildman–Crippen LogP) is 14.6. The predicted molar refractivity (Wildman–Crippen MR) is 249 cm³/mol. The Balaban J connectivity index is 0.721. The lowest BCUT2D eigenvalue weighted by Gasteiger charge is -2.49. The molecule has 0 N–H and O–H groups in total. The van der Waals surface area contributed by atoms with Crippen molar-refractivity contribution >= 4 is 0 Å². The van der Waals surface area contributed by atoms with Gasteiger partial charge in [0.15, 0.2) is 0 Å². The average molecular weight is 806 g/mol. The summed E-state index contributed by atoms with van der Waals surface area (Å²) < 4.78 is 7.24. The van der Waals surface area contributed by atoms with Gasteiger partial charge < -0.3 is 9.64 Å². The van der Waals surface area contributed by atoms with Crippen LogP contribution in [0.1, 0.15) is 173 Å². The molecule has 0 aromatic heterocycles. The molecule has 0 bridgehead atoms. The van der Waals surface area contributed by atoms with Crippen molar-refractivity contribution in [2.24, 2.45) is 65.1 Å². The van der Waals surface area contributed by atoms with Crippen LogP contribution < -0.4 is 0 Å². The zero-order valence-corrected chi connectivity index (χ0v) is 37.4. The fourth-order valence-corrected chi connectivity index (χ4v) is 16.4. The summed E-state index contributed by atoms with van der Waals surface area (Å²) in [5.74, 6) is 16.0. The summed E-state index contributed by atoms with van der Waals surface area (Å²) in [6.07, 6.45) is 63.2. The molecule has 5 fully saturated rings. The maximum Gasteiger partial charge on any atom is 0.0863 e. The zero-order valence-electron chi connectivity index (χ0n) is 37.4. The monoisotopic (exact) mass is 806 g/mol. The minimum atomic E-state index is 0.308. The number of nitrogens with zero attached hydrogens (tertiary/aromatic N) is 1. The molecule has 0 radical (unpaired) electrons. The first-order valence-corrected chi connectivity index (χ1v) is 26.4. The van der Waals surface area contributed by atoms with Gasteiger partial charge in [0.1, 0.15) is 0 Å². The molecular weight excluding hydrogens is 727 g/mol. The molecule has 1 aliphatic heterocycles. The fraction of sp³-hybridized carbons (Fsp3) is 0.724. The molecule has 10 aliphatic carbocycles. The summed E-state index contributed by atoms with van der Waals surface area (Å²) in [5.41, 5.74) is 6.54. The van der Waals surface area contributed by atoms with Gasteiger partial charge in [-0.1, -0.05) is 66.0 Å². The second kappa shape index (κ2) is 18.3. The summed E-state index contributed by atoms with van der Waals surface area (Å²) in [7, 11) is 0. The van der Waals surface area contributed by atoms with Gasteiger partial charge >= 0.3 is 0 Å². The van der Waals surface area contributed by atoms with Crippen LogP contribution in [-0.2, 0) is 4.74 Å². The molecular formula is C58H79NO. The molecule has 1 saturated heterocycles. The Morgan fingerprint density at radius 1 is 0.567 bits per heavy atom. The van der Waals surface area contributed by atoms with E-state index in [1.54, 1.807) is 5.70 Å². The van der Waals surface area contributed by atoms with E-state index in [1.807, 2.05) is 5.57 Å². The first-order chi connectivity index (χ1) is 29.7. The number of hydrogen-bond donors (Lipinski definition) is 0. The Kier molecular flexibility index (Phi) is 12.3. The first-order valence-electron chi connectivity index (χ1n) is 26.4. The van der Waals surface area contributed by atoms with Crippen LogP contribution >= 0.6 is 0 Å². The Labute approximate surface area is 366 Å². The Bertz CT molecular complexity index is 1800. The lowest BCUT2D eigenvalue weighted by atomic mass is 9.64. The Morgan fingerprint density at radius 3 is 2.05 bits per heavy atom. The molecule has 11 rings (SSSR count). The topological polar surface area (TPSA) is 12.5 Å². The summed E-state index contributed by atoms with van der Waals surface area (Å²) in [4.78, 5) is 3.13. The molecule has 1 heterocycles. The zero-order chi connectivity index (χ0) is 39.8. The molecule has 0 aromatic rings. The third-order valence-electron chi connectivity index (χ3n) is 19.6.